The van der Waals surface area contributed by atoms with E-state index in [4.69, 9.17) is 9.47 Å². The Kier molecular flexibility index (Phi) is 8.46. The van der Waals surface area contributed by atoms with E-state index in [0.29, 0.717) is 18.0 Å². The van der Waals surface area contributed by atoms with Crippen LogP contribution in [0.2, 0.25) is 0 Å². The zero-order valence-corrected chi connectivity index (χ0v) is 22.8. The Morgan fingerprint density at radius 3 is 2.14 bits per heavy atom. The van der Waals surface area contributed by atoms with Gasteiger partial charge in [0, 0.05) is 23.1 Å². The van der Waals surface area contributed by atoms with Crippen LogP contribution >= 0.6 is 11.8 Å². The lowest BCUT2D eigenvalue weighted by Gasteiger charge is -2.26. The van der Waals surface area contributed by atoms with Crippen LogP contribution in [0.1, 0.15) is 26.3 Å². The third-order valence-electron chi connectivity index (χ3n) is 5.65. The fraction of sp³-hybridized carbons (Fsp3) is 0.321. The number of benzene rings is 3. The molecule has 0 radical (unpaired) electrons. The van der Waals surface area contributed by atoms with Gasteiger partial charge in [0.1, 0.15) is 18.1 Å². The lowest BCUT2D eigenvalue weighted by molar-refractivity contribution is 0.104. The molecule has 0 saturated carbocycles. The summed E-state index contributed by atoms with van der Waals surface area (Å²) in [4.78, 5) is 14.5. The van der Waals surface area contributed by atoms with Crippen LogP contribution < -0.4 is 9.46 Å². The smallest absolute Gasteiger partial charge is 0.410 e. The van der Waals surface area contributed by atoms with Crippen molar-refractivity contribution in [2.24, 2.45) is 0 Å². The van der Waals surface area contributed by atoms with E-state index in [1.54, 1.807) is 28.8 Å². The Bertz CT molecular complexity index is 1280. The number of sulfonamides is 1. The Morgan fingerprint density at radius 2 is 1.51 bits per heavy atom. The number of thioether (sulfide) groups is 1. The number of carbonyl (C=O) groups is 1. The van der Waals surface area contributed by atoms with Crippen LogP contribution in [0.5, 0.6) is 11.5 Å². The van der Waals surface area contributed by atoms with Gasteiger partial charge in [-0.15, -0.1) is 11.8 Å². The Balaban J connectivity index is 1.43. The van der Waals surface area contributed by atoms with E-state index in [0.717, 1.165) is 5.56 Å². The summed E-state index contributed by atoms with van der Waals surface area (Å²) in [5.41, 5.74) is 0.896. The number of nitrogens with one attached hydrogen (secondary N) is 1. The number of para-hydroxylation sites is 1. The van der Waals surface area contributed by atoms with Crippen molar-refractivity contribution in [3.63, 3.8) is 0 Å². The van der Waals surface area contributed by atoms with Gasteiger partial charge >= 0.3 is 6.09 Å². The minimum atomic E-state index is -3.82. The van der Waals surface area contributed by atoms with Crippen LogP contribution in [0.3, 0.4) is 0 Å². The molecule has 196 valence electrons. The topological polar surface area (TPSA) is 84.9 Å². The molecule has 1 aliphatic heterocycles. The van der Waals surface area contributed by atoms with E-state index in [1.165, 1.54) is 12.1 Å². The van der Waals surface area contributed by atoms with Gasteiger partial charge in [-0.2, -0.15) is 0 Å². The molecule has 1 heterocycles. The summed E-state index contributed by atoms with van der Waals surface area (Å²) in [6, 6.07) is 24.6. The summed E-state index contributed by atoms with van der Waals surface area (Å²) in [7, 11) is -3.82. The summed E-state index contributed by atoms with van der Waals surface area (Å²) in [5.74, 6) is 1.21. The highest BCUT2D eigenvalue weighted by atomic mass is 32.2. The second-order valence-corrected chi connectivity index (χ2v) is 13.6. The van der Waals surface area contributed by atoms with E-state index in [-0.39, 0.29) is 28.0 Å². The second kappa shape index (κ2) is 11.6. The van der Waals surface area contributed by atoms with E-state index in [9.17, 15) is 13.2 Å². The van der Waals surface area contributed by atoms with Crippen molar-refractivity contribution < 1.29 is 22.7 Å². The van der Waals surface area contributed by atoms with Crippen molar-refractivity contribution in [2.45, 2.75) is 48.3 Å². The van der Waals surface area contributed by atoms with Crippen molar-refractivity contribution >= 4 is 27.9 Å². The first-order chi connectivity index (χ1) is 17.6. The minimum absolute atomic E-state index is 0.116. The van der Waals surface area contributed by atoms with Crippen molar-refractivity contribution in [1.29, 1.82) is 0 Å². The van der Waals surface area contributed by atoms with Gasteiger partial charge < -0.3 is 14.4 Å². The molecule has 7 nitrogen and oxygen atoms in total. The zero-order valence-electron chi connectivity index (χ0n) is 21.2. The molecule has 3 aromatic rings. The molecule has 0 aliphatic carbocycles. The van der Waals surface area contributed by atoms with E-state index in [1.807, 2.05) is 60.7 Å². The molecule has 1 fully saturated rings. The van der Waals surface area contributed by atoms with Crippen molar-refractivity contribution in [3.8, 4) is 11.5 Å². The van der Waals surface area contributed by atoms with E-state index < -0.39 is 22.2 Å². The standard InChI is InChI=1S/C28H32N2O5S2/c1-28(2,3)36-26-19-30(27(31)34-20-21-10-6-4-7-11-21)18-25(26)29-37(32,33)24-16-14-23(15-17-24)35-22-12-8-5-9-13-22/h4-17,25-26,29H,18-20H2,1-3H3/t25-,26-/m1/s1. The predicted octanol–water partition coefficient (Wildman–Crippen LogP) is 5.68. The maximum absolute atomic E-state index is 13.3. The molecule has 1 amide bonds. The monoisotopic (exact) mass is 540 g/mol. The molecule has 2 atom stereocenters. The van der Waals surface area contributed by atoms with Crippen LogP contribution in [0, 0.1) is 0 Å². The number of carbonyl (C=O) groups excluding carboxylic acids is 1. The summed E-state index contributed by atoms with van der Waals surface area (Å²) in [6.07, 6.45) is -0.451. The third kappa shape index (κ3) is 7.74. The molecule has 3 aromatic carbocycles. The van der Waals surface area contributed by atoms with Crippen LogP contribution in [-0.2, 0) is 21.4 Å². The Hall–Kier alpha value is -3.01. The molecule has 37 heavy (non-hydrogen) atoms. The van der Waals surface area contributed by atoms with Gasteiger partial charge in [0.05, 0.1) is 10.9 Å². The molecule has 1 N–H and O–H groups in total. The first kappa shape index (κ1) is 27.0. The van der Waals surface area contributed by atoms with Crippen LogP contribution in [0.15, 0.2) is 89.8 Å². The van der Waals surface area contributed by atoms with Gasteiger partial charge in [-0.05, 0) is 42.0 Å². The fourth-order valence-corrected chi connectivity index (χ4v) is 6.83. The van der Waals surface area contributed by atoms with Gasteiger partial charge in [-0.3, -0.25) is 0 Å². The molecule has 9 heteroatoms. The number of nitrogens with zero attached hydrogens (tertiary/aromatic N) is 1. The number of rotatable bonds is 8. The summed E-state index contributed by atoms with van der Waals surface area (Å²) < 4.78 is 40.5. The van der Waals surface area contributed by atoms with Crippen molar-refractivity contribution in [1.82, 2.24) is 9.62 Å². The normalized spacial score (nSPS) is 18.0. The molecule has 0 spiro atoms. The SMILES string of the molecule is CC(C)(C)S[C@@H]1CN(C(=O)OCc2ccccc2)C[C@H]1NS(=O)(=O)c1ccc(Oc2ccccc2)cc1. The van der Waals surface area contributed by atoms with Gasteiger partial charge in [0.2, 0.25) is 10.0 Å². The molecular formula is C28H32N2O5S2. The van der Waals surface area contributed by atoms with Gasteiger partial charge in [0.25, 0.3) is 0 Å². The highest BCUT2D eigenvalue weighted by Gasteiger charge is 2.40. The molecule has 0 bridgehead atoms. The van der Waals surface area contributed by atoms with Gasteiger partial charge in [-0.1, -0.05) is 69.3 Å². The largest absolute Gasteiger partial charge is 0.457 e. The number of hydrogen-bond donors (Lipinski definition) is 1. The van der Waals surface area contributed by atoms with E-state index >= 15 is 0 Å². The highest BCUT2D eigenvalue weighted by molar-refractivity contribution is 8.01. The first-order valence-electron chi connectivity index (χ1n) is 12.1. The summed E-state index contributed by atoms with van der Waals surface area (Å²) in [5, 5.41) is -0.125. The third-order valence-corrected chi connectivity index (χ3v) is 8.65. The van der Waals surface area contributed by atoms with Crippen molar-refractivity contribution in [3.05, 3.63) is 90.5 Å². The maximum Gasteiger partial charge on any atom is 0.410 e. The van der Waals surface area contributed by atoms with Crippen LogP contribution in [0.25, 0.3) is 0 Å². The lowest BCUT2D eigenvalue weighted by Crippen LogP contribution is -2.43. The zero-order chi connectivity index (χ0) is 26.5. The molecule has 0 aromatic heterocycles. The lowest BCUT2D eigenvalue weighted by atomic mass is 10.2. The first-order valence-corrected chi connectivity index (χ1v) is 14.4. The number of hydrogen-bond acceptors (Lipinski definition) is 6. The summed E-state index contributed by atoms with van der Waals surface area (Å²) in [6.45, 7) is 7.02. The quantitative estimate of drug-likeness (QED) is 0.396. The van der Waals surface area contributed by atoms with E-state index in [2.05, 4.69) is 25.5 Å². The van der Waals surface area contributed by atoms with Gasteiger partial charge in [0.15, 0.2) is 0 Å². The maximum atomic E-state index is 13.3. The minimum Gasteiger partial charge on any atom is -0.457 e. The number of amides is 1. The molecule has 4 rings (SSSR count). The molecular weight excluding hydrogens is 508 g/mol. The Labute approximate surface area is 223 Å². The Morgan fingerprint density at radius 1 is 0.919 bits per heavy atom. The van der Waals surface area contributed by atoms with Crippen molar-refractivity contribution in [2.75, 3.05) is 13.1 Å². The van der Waals surface area contributed by atoms with Crippen LogP contribution in [-0.4, -0.2) is 48.5 Å². The average molecular weight is 541 g/mol. The number of ether oxygens (including phenoxy) is 2. The molecule has 0 unspecified atom stereocenters. The van der Waals surface area contributed by atoms with Crippen LogP contribution in [0.4, 0.5) is 4.79 Å². The molecule has 1 aliphatic rings. The second-order valence-electron chi connectivity index (χ2n) is 9.83. The number of likely N-dealkylation sites (tertiary alicyclic amines) is 1. The summed E-state index contributed by atoms with van der Waals surface area (Å²) >= 11 is 1.65. The van der Waals surface area contributed by atoms with Gasteiger partial charge in [-0.25, -0.2) is 17.9 Å². The highest BCUT2D eigenvalue weighted by Crippen LogP contribution is 2.34. The fourth-order valence-electron chi connectivity index (χ4n) is 4.00. The molecule has 1 saturated heterocycles. The average Bonchev–Trinajstić information content (AvgIpc) is 3.24. The predicted molar refractivity (Wildman–Crippen MR) is 146 cm³/mol.